The number of aromatic hydroxyl groups is 1. The van der Waals surface area contributed by atoms with Crippen molar-refractivity contribution in [3.05, 3.63) is 98.5 Å². The van der Waals surface area contributed by atoms with Gasteiger partial charge < -0.3 is 9.52 Å². The minimum Gasteiger partial charge on any atom is -0.506 e. The van der Waals surface area contributed by atoms with Crippen molar-refractivity contribution >= 4 is 33.7 Å². The van der Waals surface area contributed by atoms with Crippen molar-refractivity contribution in [1.29, 1.82) is 5.26 Å². The number of nitriles is 1. The van der Waals surface area contributed by atoms with Crippen LogP contribution in [0.15, 0.2) is 86.7 Å². The van der Waals surface area contributed by atoms with Gasteiger partial charge in [0.2, 0.25) is 5.88 Å². The van der Waals surface area contributed by atoms with Crippen molar-refractivity contribution in [3.8, 4) is 34.3 Å². The lowest BCUT2D eigenvalue weighted by molar-refractivity contribution is -0.385. The predicted molar refractivity (Wildman–Crippen MR) is 124 cm³/mol. The molecule has 3 aromatic carbocycles. The third-order valence-corrected chi connectivity index (χ3v) is 5.31. The summed E-state index contributed by atoms with van der Waals surface area (Å²) in [6.07, 6.45) is 1.23. The molecule has 1 heterocycles. The minimum absolute atomic E-state index is 0.0345. The Labute approximate surface area is 191 Å². The van der Waals surface area contributed by atoms with Gasteiger partial charge in [0.15, 0.2) is 0 Å². The molecule has 0 amide bonds. The van der Waals surface area contributed by atoms with Gasteiger partial charge in [-0.1, -0.05) is 60.7 Å². The first-order valence-corrected chi connectivity index (χ1v) is 10.2. The fourth-order valence-electron chi connectivity index (χ4n) is 3.22. The molecule has 0 spiro atoms. The van der Waals surface area contributed by atoms with E-state index in [0.717, 1.165) is 11.1 Å². The molecule has 0 aliphatic carbocycles. The van der Waals surface area contributed by atoms with Crippen LogP contribution in [0.5, 0.6) is 5.75 Å². The number of non-ortho nitro benzene ring substituents is 1. The van der Waals surface area contributed by atoms with E-state index >= 15 is 0 Å². The van der Waals surface area contributed by atoms with Crippen LogP contribution in [-0.4, -0.2) is 16.2 Å². The number of halogens is 1. The van der Waals surface area contributed by atoms with Crippen LogP contribution in [0.4, 0.5) is 11.6 Å². The molecule has 4 rings (SSSR count). The Morgan fingerprint density at radius 3 is 2.28 bits per heavy atom. The lowest BCUT2D eigenvalue weighted by atomic mass is 9.98. The molecule has 0 bridgehead atoms. The molecule has 0 atom stereocenters. The van der Waals surface area contributed by atoms with E-state index in [1.165, 1.54) is 18.3 Å². The second-order valence-corrected chi connectivity index (χ2v) is 7.57. The van der Waals surface area contributed by atoms with Crippen molar-refractivity contribution in [2.75, 3.05) is 0 Å². The first-order chi connectivity index (χ1) is 15.5. The zero-order valence-corrected chi connectivity index (χ0v) is 18.0. The third kappa shape index (κ3) is 4.02. The molecular weight excluding hydrogens is 474 g/mol. The maximum atomic E-state index is 11.2. The van der Waals surface area contributed by atoms with E-state index in [9.17, 15) is 20.5 Å². The Balaban J connectivity index is 1.89. The van der Waals surface area contributed by atoms with Crippen LogP contribution < -0.4 is 0 Å². The normalized spacial score (nSPS) is 10.9. The number of nitro groups is 1. The van der Waals surface area contributed by atoms with Crippen LogP contribution in [-0.2, 0) is 0 Å². The average molecular weight is 488 g/mol. The van der Waals surface area contributed by atoms with Crippen molar-refractivity contribution in [2.45, 2.75) is 0 Å². The van der Waals surface area contributed by atoms with E-state index in [-0.39, 0.29) is 32.9 Å². The van der Waals surface area contributed by atoms with Gasteiger partial charge in [-0.05, 0) is 21.5 Å². The summed E-state index contributed by atoms with van der Waals surface area (Å²) >= 11 is 3.10. The Morgan fingerprint density at radius 2 is 1.69 bits per heavy atom. The topological polar surface area (TPSA) is 113 Å². The van der Waals surface area contributed by atoms with Gasteiger partial charge in [0.1, 0.15) is 23.1 Å². The van der Waals surface area contributed by atoms with Crippen molar-refractivity contribution in [2.24, 2.45) is 4.99 Å². The van der Waals surface area contributed by atoms with Crippen LogP contribution in [0.25, 0.3) is 22.5 Å². The molecule has 32 heavy (non-hydrogen) atoms. The smallest absolute Gasteiger partial charge is 0.271 e. The van der Waals surface area contributed by atoms with Crippen LogP contribution in [0.3, 0.4) is 0 Å². The maximum Gasteiger partial charge on any atom is 0.271 e. The lowest BCUT2D eigenvalue weighted by Gasteiger charge is -2.03. The van der Waals surface area contributed by atoms with Gasteiger partial charge >= 0.3 is 0 Å². The molecule has 0 saturated heterocycles. The number of rotatable bonds is 5. The zero-order chi connectivity index (χ0) is 22.7. The molecular formula is C24H14BrN3O4. The van der Waals surface area contributed by atoms with E-state index in [2.05, 4.69) is 27.0 Å². The van der Waals surface area contributed by atoms with Crippen molar-refractivity contribution in [3.63, 3.8) is 0 Å². The number of phenols is 1. The predicted octanol–water partition coefficient (Wildman–Crippen LogP) is 6.61. The van der Waals surface area contributed by atoms with Gasteiger partial charge in [0, 0.05) is 35.0 Å². The van der Waals surface area contributed by atoms with E-state index < -0.39 is 4.92 Å². The number of benzene rings is 3. The van der Waals surface area contributed by atoms with Crippen LogP contribution in [0, 0.1) is 21.4 Å². The number of aliphatic imine (C=N–C) groups is 1. The molecule has 0 saturated carbocycles. The van der Waals surface area contributed by atoms with Gasteiger partial charge in [-0.25, -0.2) is 4.99 Å². The Hall–Kier alpha value is -4.22. The highest BCUT2D eigenvalue weighted by atomic mass is 79.9. The summed E-state index contributed by atoms with van der Waals surface area (Å²) in [5.41, 5.74) is 2.25. The summed E-state index contributed by atoms with van der Waals surface area (Å²) in [4.78, 5) is 14.8. The number of hydrogen-bond donors (Lipinski definition) is 1. The number of phenolic OH excluding ortho intramolecular Hbond substituents is 1. The molecule has 4 aromatic rings. The fraction of sp³-hybridized carbons (Fsp3) is 0. The molecule has 0 radical (unpaired) electrons. The van der Waals surface area contributed by atoms with Gasteiger partial charge in [-0.15, -0.1) is 0 Å². The molecule has 8 heteroatoms. The Morgan fingerprint density at radius 1 is 1.06 bits per heavy atom. The van der Waals surface area contributed by atoms with Gasteiger partial charge in [0.25, 0.3) is 5.69 Å². The first kappa shape index (κ1) is 21.0. The van der Waals surface area contributed by atoms with Gasteiger partial charge in [-0.2, -0.15) is 5.26 Å². The Bertz CT molecular complexity index is 1370. The van der Waals surface area contributed by atoms with Crippen LogP contribution in [0.2, 0.25) is 0 Å². The van der Waals surface area contributed by atoms with E-state index in [4.69, 9.17) is 4.42 Å². The summed E-state index contributed by atoms with van der Waals surface area (Å²) in [6, 6.07) is 23.2. The zero-order valence-electron chi connectivity index (χ0n) is 16.4. The molecule has 7 nitrogen and oxygen atoms in total. The van der Waals surface area contributed by atoms with E-state index in [1.807, 2.05) is 60.7 Å². The quantitative estimate of drug-likeness (QED) is 0.193. The first-order valence-electron chi connectivity index (χ1n) is 9.38. The highest BCUT2D eigenvalue weighted by Gasteiger charge is 2.23. The molecule has 156 valence electrons. The Kier molecular flexibility index (Phi) is 5.83. The second kappa shape index (κ2) is 8.88. The molecule has 0 aliphatic rings. The number of hydrogen-bond acceptors (Lipinski definition) is 6. The van der Waals surface area contributed by atoms with Crippen molar-refractivity contribution < 1.29 is 14.4 Å². The summed E-state index contributed by atoms with van der Waals surface area (Å²) in [5.74, 6) is 0.299. The molecule has 1 N–H and O–H groups in total. The van der Waals surface area contributed by atoms with Crippen molar-refractivity contribution in [1.82, 2.24) is 0 Å². The molecule has 0 fully saturated rings. The summed E-state index contributed by atoms with van der Waals surface area (Å²) < 4.78 is 6.15. The highest BCUT2D eigenvalue weighted by molar-refractivity contribution is 9.10. The van der Waals surface area contributed by atoms with Crippen LogP contribution >= 0.6 is 15.9 Å². The standard InChI is InChI=1S/C24H14BrN3O4/c25-20-12-18(28(30)31)11-17(22(20)29)14-27-24-19(13-26)21(15-7-3-1-4-8-15)23(32-24)16-9-5-2-6-10-16/h1-12,14,29H. The molecule has 1 aromatic heterocycles. The average Bonchev–Trinajstić information content (AvgIpc) is 3.19. The molecule has 0 aliphatic heterocycles. The summed E-state index contributed by atoms with van der Waals surface area (Å²) in [6.45, 7) is 0. The summed E-state index contributed by atoms with van der Waals surface area (Å²) in [5, 5.41) is 31.3. The van der Waals surface area contributed by atoms with Crippen LogP contribution in [0.1, 0.15) is 11.1 Å². The molecule has 0 unspecified atom stereocenters. The monoisotopic (exact) mass is 487 g/mol. The largest absolute Gasteiger partial charge is 0.506 e. The lowest BCUT2D eigenvalue weighted by Crippen LogP contribution is -1.91. The fourth-order valence-corrected chi connectivity index (χ4v) is 3.69. The van der Waals surface area contributed by atoms with E-state index in [0.29, 0.717) is 11.3 Å². The number of nitro benzene ring substituents is 1. The SMILES string of the molecule is N#Cc1c(N=Cc2cc([N+](=O)[O-])cc(Br)c2O)oc(-c2ccccc2)c1-c1ccccc1. The maximum absolute atomic E-state index is 11.2. The van der Waals surface area contributed by atoms with Gasteiger partial charge in [0.05, 0.1) is 9.40 Å². The number of nitrogens with zero attached hydrogens (tertiary/aromatic N) is 3. The summed E-state index contributed by atoms with van der Waals surface area (Å²) in [7, 11) is 0. The van der Waals surface area contributed by atoms with E-state index in [1.54, 1.807) is 0 Å². The third-order valence-electron chi connectivity index (χ3n) is 4.71. The number of furan rings is 1. The minimum atomic E-state index is -0.573. The highest BCUT2D eigenvalue weighted by Crippen LogP contribution is 2.42. The second-order valence-electron chi connectivity index (χ2n) is 6.71. The van der Waals surface area contributed by atoms with Gasteiger partial charge in [-0.3, -0.25) is 10.1 Å².